The minimum Gasteiger partial charge on any atom is -0.455 e. The average molecular weight is 255 g/mol. The van der Waals surface area contributed by atoms with Crippen molar-refractivity contribution in [2.24, 2.45) is 0 Å². The Balaban J connectivity index is 2.01. The molecule has 0 saturated heterocycles. The number of ether oxygens (including phenoxy) is 1. The first-order chi connectivity index (χ1) is 9.28. The van der Waals surface area contributed by atoms with Crippen LogP contribution in [0.4, 0.5) is 5.69 Å². The fourth-order valence-electron chi connectivity index (χ4n) is 1.90. The Labute approximate surface area is 109 Å². The molecule has 0 amide bonds. The van der Waals surface area contributed by atoms with E-state index >= 15 is 0 Å². The van der Waals surface area contributed by atoms with Gasteiger partial charge in [-0.15, -0.1) is 0 Å². The first-order valence-electron chi connectivity index (χ1n) is 6.05. The topological polar surface area (TPSA) is 74.2 Å². The number of nitrogen functional groups attached to an aromatic ring is 1. The Morgan fingerprint density at radius 1 is 1.16 bits per heavy atom. The SMILES string of the molecule is CCc1cccc(Oc2ccc(N)c3nonc23)c1. The Kier molecular flexibility index (Phi) is 2.79. The fourth-order valence-corrected chi connectivity index (χ4v) is 1.90. The molecular weight excluding hydrogens is 242 g/mol. The largest absolute Gasteiger partial charge is 0.455 e. The number of rotatable bonds is 3. The molecule has 1 aromatic heterocycles. The van der Waals surface area contributed by atoms with E-state index in [0.29, 0.717) is 22.5 Å². The molecule has 0 aliphatic rings. The van der Waals surface area contributed by atoms with Crippen molar-refractivity contribution < 1.29 is 9.37 Å². The van der Waals surface area contributed by atoms with E-state index in [2.05, 4.69) is 23.3 Å². The lowest BCUT2D eigenvalue weighted by atomic mass is 10.2. The first kappa shape index (κ1) is 11.5. The van der Waals surface area contributed by atoms with E-state index in [1.807, 2.05) is 18.2 Å². The van der Waals surface area contributed by atoms with Crippen LogP contribution in [0.3, 0.4) is 0 Å². The predicted molar refractivity (Wildman–Crippen MR) is 72.1 cm³/mol. The number of aryl methyl sites for hydroxylation is 1. The second-order valence-corrected chi connectivity index (χ2v) is 4.22. The number of fused-ring (bicyclic) bond motifs is 1. The molecule has 5 nitrogen and oxygen atoms in total. The van der Waals surface area contributed by atoms with Gasteiger partial charge < -0.3 is 10.5 Å². The van der Waals surface area contributed by atoms with Gasteiger partial charge in [-0.1, -0.05) is 19.1 Å². The Hall–Kier alpha value is -2.56. The molecule has 3 rings (SSSR count). The third-order valence-corrected chi connectivity index (χ3v) is 2.94. The second-order valence-electron chi connectivity index (χ2n) is 4.22. The standard InChI is InChI=1S/C14H13N3O2/c1-2-9-4-3-5-10(8-9)18-12-7-6-11(15)13-14(12)17-19-16-13/h3-8H,2,15H2,1H3. The number of hydrogen-bond acceptors (Lipinski definition) is 5. The lowest BCUT2D eigenvalue weighted by Crippen LogP contribution is -1.91. The summed E-state index contributed by atoms with van der Waals surface area (Å²) in [4.78, 5) is 0. The molecule has 0 radical (unpaired) electrons. The highest BCUT2D eigenvalue weighted by Gasteiger charge is 2.11. The fraction of sp³-hybridized carbons (Fsp3) is 0.143. The number of anilines is 1. The summed E-state index contributed by atoms with van der Waals surface area (Å²) in [5.41, 5.74) is 8.57. The molecule has 0 saturated carbocycles. The first-order valence-corrected chi connectivity index (χ1v) is 6.05. The number of benzene rings is 2. The summed E-state index contributed by atoms with van der Waals surface area (Å²) in [6.07, 6.45) is 0.958. The van der Waals surface area contributed by atoms with Crippen LogP contribution in [0.2, 0.25) is 0 Å². The maximum absolute atomic E-state index is 5.83. The molecule has 0 bridgehead atoms. The lowest BCUT2D eigenvalue weighted by molar-refractivity contribution is 0.314. The zero-order chi connectivity index (χ0) is 13.2. The number of aromatic nitrogens is 2. The van der Waals surface area contributed by atoms with E-state index in [4.69, 9.17) is 15.1 Å². The lowest BCUT2D eigenvalue weighted by Gasteiger charge is -2.07. The van der Waals surface area contributed by atoms with Crippen LogP contribution in [0.1, 0.15) is 12.5 Å². The molecule has 2 N–H and O–H groups in total. The van der Waals surface area contributed by atoms with E-state index in [9.17, 15) is 0 Å². The van der Waals surface area contributed by atoms with E-state index in [1.54, 1.807) is 12.1 Å². The summed E-state index contributed by atoms with van der Waals surface area (Å²) in [7, 11) is 0. The van der Waals surface area contributed by atoms with Gasteiger partial charge in [-0.05, 0) is 46.6 Å². The highest BCUT2D eigenvalue weighted by atomic mass is 16.6. The van der Waals surface area contributed by atoms with Crippen molar-refractivity contribution in [3.05, 3.63) is 42.0 Å². The maximum atomic E-state index is 5.83. The molecule has 0 fully saturated rings. The molecule has 0 aliphatic heterocycles. The molecule has 0 spiro atoms. The van der Waals surface area contributed by atoms with Crippen molar-refractivity contribution in [2.45, 2.75) is 13.3 Å². The second kappa shape index (κ2) is 4.61. The van der Waals surface area contributed by atoms with E-state index in [1.165, 1.54) is 5.56 Å². The third-order valence-electron chi connectivity index (χ3n) is 2.94. The molecule has 0 aliphatic carbocycles. The van der Waals surface area contributed by atoms with Crippen LogP contribution in [-0.2, 0) is 6.42 Å². The summed E-state index contributed by atoms with van der Waals surface area (Å²) in [5.74, 6) is 1.34. The van der Waals surface area contributed by atoms with Crippen LogP contribution in [0, 0.1) is 0 Å². The monoisotopic (exact) mass is 255 g/mol. The van der Waals surface area contributed by atoms with Gasteiger partial charge in [0.1, 0.15) is 5.75 Å². The van der Waals surface area contributed by atoms with Gasteiger partial charge >= 0.3 is 0 Å². The van der Waals surface area contributed by atoms with Gasteiger partial charge in [-0.25, -0.2) is 4.63 Å². The molecule has 19 heavy (non-hydrogen) atoms. The zero-order valence-electron chi connectivity index (χ0n) is 10.5. The Morgan fingerprint density at radius 2 is 2.00 bits per heavy atom. The summed E-state index contributed by atoms with van der Waals surface area (Å²) in [6, 6.07) is 11.4. The molecule has 2 aromatic carbocycles. The number of hydrogen-bond donors (Lipinski definition) is 1. The summed E-state index contributed by atoms with van der Waals surface area (Å²) in [5, 5.41) is 7.59. The van der Waals surface area contributed by atoms with E-state index in [-0.39, 0.29) is 0 Å². The quantitative estimate of drug-likeness (QED) is 0.727. The molecule has 96 valence electrons. The summed E-state index contributed by atoms with van der Waals surface area (Å²) < 4.78 is 10.5. The molecule has 5 heteroatoms. The third kappa shape index (κ3) is 2.10. The normalized spacial score (nSPS) is 10.8. The van der Waals surface area contributed by atoms with Crippen molar-refractivity contribution in [1.82, 2.24) is 10.3 Å². The van der Waals surface area contributed by atoms with Crippen molar-refractivity contribution in [2.75, 3.05) is 5.73 Å². The molecule has 3 aromatic rings. The van der Waals surface area contributed by atoms with Crippen LogP contribution in [0.5, 0.6) is 11.5 Å². The Morgan fingerprint density at radius 3 is 2.84 bits per heavy atom. The number of nitrogens with two attached hydrogens (primary N) is 1. The van der Waals surface area contributed by atoms with Gasteiger partial charge in [0, 0.05) is 0 Å². The highest BCUT2D eigenvalue weighted by Crippen LogP contribution is 2.31. The van der Waals surface area contributed by atoms with Crippen molar-refractivity contribution in [3.8, 4) is 11.5 Å². The summed E-state index contributed by atoms with van der Waals surface area (Å²) >= 11 is 0. The summed E-state index contributed by atoms with van der Waals surface area (Å²) in [6.45, 7) is 2.10. The minimum absolute atomic E-state index is 0.518. The molecule has 1 heterocycles. The molecule has 0 atom stereocenters. The van der Waals surface area contributed by atoms with Crippen molar-refractivity contribution in [3.63, 3.8) is 0 Å². The van der Waals surface area contributed by atoms with Crippen LogP contribution < -0.4 is 10.5 Å². The van der Waals surface area contributed by atoms with Crippen LogP contribution in [0.25, 0.3) is 11.0 Å². The van der Waals surface area contributed by atoms with E-state index < -0.39 is 0 Å². The smallest absolute Gasteiger partial charge is 0.179 e. The molecule has 0 unspecified atom stereocenters. The van der Waals surface area contributed by atoms with Crippen molar-refractivity contribution in [1.29, 1.82) is 0 Å². The van der Waals surface area contributed by atoms with Crippen LogP contribution >= 0.6 is 0 Å². The van der Waals surface area contributed by atoms with Gasteiger partial charge in [0.05, 0.1) is 5.69 Å². The molecular formula is C14H13N3O2. The minimum atomic E-state index is 0.518. The van der Waals surface area contributed by atoms with Crippen LogP contribution in [0.15, 0.2) is 41.0 Å². The maximum Gasteiger partial charge on any atom is 0.179 e. The van der Waals surface area contributed by atoms with Gasteiger partial charge in [-0.3, -0.25) is 0 Å². The van der Waals surface area contributed by atoms with Gasteiger partial charge in [0.25, 0.3) is 0 Å². The van der Waals surface area contributed by atoms with E-state index in [0.717, 1.165) is 12.2 Å². The van der Waals surface area contributed by atoms with Gasteiger partial charge in [-0.2, -0.15) is 0 Å². The Bertz CT molecular complexity index is 722. The zero-order valence-corrected chi connectivity index (χ0v) is 10.5. The number of nitrogens with zero attached hydrogens (tertiary/aromatic N) is 2. The average Bonchev–Trinajstić information content (AvgIpc) is 2.93. The van der Waals surface area contributed by atoms with Crippen molar-refractivity contribution >= 4 is 16.7 Å². The van der Waals surface area contributed by atoms with Crippen LogP contribution in [-0.4, -0.2) is 10.3 Å². The predicted octanol–water partition coefficient (Wildman–Crippen LogP) is 3.16. The van der Waals surface area contributed by atoms with Gasteiger partial charge in [0.2, 0.25) is 0 Å². The van der Waals surface area contributed by atoms with Gasteiger partial charge in [0.15, 0.2) is 16.8 Å². The highest BCUT2D eigenvalue weighted by molar-refractivity contribution is 5.90.